The number of hydrogen-bond acceptors (Lipinski definition) is 5. The Labute approximate surface area is 141 Å². The lowest BCUT2D eigenvalue weighted by molar-refractivity contribution is -0.122. The van der Waals surface area contributed by atoms with Crippen molar-refractivity contribution in [2.24, 2.45) is 0 Å². The molecule has 0 aromatic heterocycles. The Bertz CT molecular complexity index is 687. The highest BCUT2D eigenvalue weighted by Crippen LogP contribution is 2.26. The fraction of sp³-hybridized carbons (Fsp3) is 0.368. The standard InChI is InChI=1S/C19H22O5/c1-12-10-14-7-3-4-8-15(20)16(21)9-5-6-13(2)24-19(23)18(14)17(22)11-12/h3,5,7,9-11,13,15,20,22H,4,6,8H2,1-2H3. The number of rotatable bonds is 0. The van der Waals surface area contributed by atoms with Crippen molar-refractivity contribution in [1.29, 1.82) is 0 Å². The molecular weight excluding hydrogens is 308 g/mol. The fourth-order valence-electron chi connectivity index (χ4n) is 2.53. The number of allylic oxidation sites excluding steroid dienone is 1. The lowest BCUT2D eigenvalue weighted by Gasteiger charge is -2.15. The summed E-state index contributed by atoms with van der Waals surface area (Å²) in [7, 11) is 0. The zero-order valence-corrected chi connectivity index (χ0v) is 13.9. The summed E-state index contributed by atoms with van der Waals surface area (Å²) >= 11 is 0. The zero-order chi connectivity index (χ0) is 17.7. The summed E-state index contributed by atoms with van der Waals surface area (Å²) in [6.07, 6.45) is 5.99. The van der Waals surface area contributed by atoms with Crippen LogP contribution in [-0.2, 0) is 9.53 Å². The predicted octanol–water partition coefficient (Wildman–Crippen LogP) is 2.93. The molecule has 0 saturated heterocycles. The number of carbonyl (C=O) groups excluding carboxylic acids is 2. The molecule has 2 unspecified atom stereocenters. The summed E-state index contributed by atoms with van der Waals surface area (Å²) in [6, 6.07) is 3.30. The summed E-state index contributed by atoms with van der Waals surface area (Å²) in [6.45, 7) is 3.52. The van der Waals surface area contributed by atoms with Crippen LogP contribution in [0.15, 0.2) is 30.4 Å². The normalized spacial score (nSPS) is 22.6. The van der Waals surface area contributed by atoms with E-state index in [9.17, 15) is 19.8 Å². The number of aromatic hydroxyl groups is 1. The first kappa shape index (κ1) is 17.9. The van der Waals surface area contributed by atoms with Crippen LogP contribution in [0.5, 0.6) is 5.75 Å². The van der Waals surface area contributed by atoms with Gasteiger partial charge in [0.25, 0.3) is 0 Å². The van der Waals surface area contributed by atoms with Crippen LogP contribution in [0, 0.1) is 6.92 Å². The smallest absolute Gasteiger partial charge is 0.342 e. The van der Waals surface area contributed by atoms with Crippen molar-refractivity contribution in [3.63, 3.8) is 0 Å². The maximum Gasteiger partial charge on any atom is 0.342 e. The Morgan fingerprint density at radius 3 is 2.67 bits per heavy atom. The van der Waals surface area contributed by atoms with Gasteiger partial charge >= 0.3 is 5.97 Å². The second-order valence-electron chi connectivity index (χ2n) is 6.00. The van der Waals surface area contributed by atoms with Gasteiger partial charge in [-0.05, 0) is 50.0 Å². The molecule has 0 aliphatic carbocycles. The van der Waals surface area contributed by atoms with Crippen LogP contribution in [-0.4, -0.2) is 34.2 Å². The number of benzene rings is 1. The number of cyclic esters (lactones) is 1. The minimum absolute atomic E-state index is 0.121. The Balaban J connectivity index is 2.38. The van der Waals surface area contributed by atoms with Crippen molar-refractivity contribution in [3.05, 3.63) is 47.1 Å². The van der Waals surface area contributed by atoms with Crippen LogP contribution < -0.4 is 0 Å². The molecule has 5 heteroatoms. The molecule has 1 aromatic rings. The maximum atomic E-state index is 12.4. The molecule has 2 N–H and O–H groups in total. The molecule has 128 valence electrons. The third kappa shape index (κ3) is 4.55. The van der Waals surface area contributed by atoms with Crippen LogP contribution in [0.4, 0.5) is 0 Å². The van der Waals surface area contributed by atoms with Gasteiger partial charge in [-0.1, -0.05) is 24.3 Å². The van der Waals surface area contributed by atoms with E-state index in [-0.39, 0.29) is 17.1 Å². The largest absolute Gasteiger partial charge is 0.507 e. The minimum atomic E-state index is -1.04. The first-order valence-electron chi connectivity index (χ1n) is 7.98. The summed E-state index contributed by atoms with van der Waals surface area (Å²) in [5.41, 5.74) is 1.50. The molecule has 0 amide bonds. The predicted molar refractivity (Wildman–Crippen MR) is 90.8 cm³/mol. The molecular formula is C19H22O5. The number of ketones is 1. The van der Waals surface area contributed by atoms with E-state index in [1.165, 1.54) is 12.1 Å². The monoisotopic (exact) mass is 330 g/mol. The molecule has 0 fully saturated rings. The van der Waals surface area contributed by atoms with Crippen LogP contribution in [0.25, 0.3) is 6.08 Å². The molecule has 0 saturated carbocycles. The minimum Gasteiger partial charge on any atom is -0.507 e. The molecule has 5 nitrogen and oxygen atoms in total. The molecule has 1 aliphatic heterocycles. The second-order valence-corrected chi connectivity index (χ2v) is 6.00. The summed E-state index contributed by atoms with van der Waals surface area (Å²) in [4.78, 5) is 24.1. The van der Waals surface area contributed by atoms with Crippen LogP contribution in [0.3, 0.4) is 0 Å². The van der Waals surface area contributed by atoms with Crippen molar-refractivity contribution in [2.45, 2.75) is 45.3 Å². The van der Waals surface area contributed by atoms with Crippen molar-refractivity contribution in [3.8, 4) is 5.75 Å². The van der Waals surface area contributed by atoms with Gasteiger partial charge in [0.2, 0.25) is 0 Å². The average molecular weight is 330 g/mol. The quantitative estimate of drug-likeness (QED) is 0.715. The van der Waals surface area contributed by atoms with E-state index in [1.54, 1.807) is 31.2 Å². The Hall–Kier alpha value is -2.40. The second kappa shape index (κ2) is 7.93. The van der Waals surface area contributed by atoms with Gasteiger partial charge in [-0.25, -0.2) is 4.79 Å². The number of fused-ring (bicyclic) bond motifs is 1. The van der Waals surface area contributed by atoms with Gasteiger partial charge in [0.05, 0.1) is 0 Å². The number of aliphatic hydroxyl groups is 1. The maximum absolute atomic E-state index is 12.4. The van der Waals surface area contributed by atoms with Crippen molar-refractivity contribution >= 4 is 17.8 Å². The third-order valence-electron chi connectivity index (χ3n) is 3.79. The first-order chi connectivity index (χ1) is 11.4. The number of hydrogen-bond donors (Lipinski definition) is 2. The highest BCUT2D eigenvalue weighted by molar-refractivity contribution is 5.97. The van der Waals surface area contributed by atoms with Crippen molar-refractivity contribution < 1.29 is 24.5 Å². The van der Waals surface area contributed by atoms with E-state index in [4.69, 9.17) is 4.74 Å². The Morgan fingerprint density at radius 1 is 1.17 bits per heavy atom. The number of aliphatic hydroxyl groups excluding tert-OH is 1. The number of ether oxygens (including phenoxy) is 1. The van der Waals surface area contributed by atoms with Gasteiger partial charge < -0.3 is 14.9 Å². The van der Waals surface area contributed by atoms with Crippen molar-refractivity contribution in [1.82, 2.24) is 0 Å². The van der Waals surface area contributed by atoms with E-state index in [0.29, 0.717) is 24.8 Å². The molecule has 0 bridgehead atoms. The zero-order valence-electron chi connectivity index (χ0n) is 13.9. The van der Waals surface area contributed by atoms with Gasteiger partial charge in [-0.2, -0.15) is 0 Å². The Morgan fingerprint density at radius 2 is 1.92 bits per heavy atom. The SMILES string of the molecule is Cc1cc(O)c2c(c1)C=CCCC(O)C(=O)C=CCC(C)OC2=O. The number of carbonyl (C=O) groups is 2. The molecule has 1 heterocycles. The molecule has 24 heavy (non-hydrogen) atoms. The molecule has 1 aliphatic rings. The average Bonchev–Trinajstić information content (AvgIpc) is 2.49. The topological polar surface area (TPSA) is 83.8 Å². The Kier molecular flexibility index (Phi) is 5.93. The summed E-state index contributed by atoms with van der Waals surface area (Å²) in [5.74, 6) is -1.07. The van der Waals surface area contributed by atoms with Crippen LogP contribution in [0.2, 0.25) is 0 Å². The van der Waals surface area contributed by atoms with Gasteiger partial charge in [0.15, 0.2) is 5.78 Å². The van der Waals surface area contributed by atoms with Gasteiger partial charge in [-0.3, -0.25) is 4.79 Å². The van der Waals surface area contributed by atoms with Gasteiger partial charge in [-0.15, -0.1) is 0 Å². The van der Waals surface area contributed by atoms with E-state index in [2.05, 4.69) is 0 Å². The van der Waals surface area contributed by atoms with E-state index in [1.807, 2.05) is 6.92 Å². The lowest BCUT2D eigenvalue weighted by atomic mass is 10.0. The summed E-state index contributed by atoms with van der Waals surface area (Å²) in [5, 5.41) is 20.0. The van der Waals surface area contributed by atoms with E-state index < -0.39 is 18.2 Å². The van der Waals surface area contributed by atoms with Gasteiger partial charge in [0, 0.05) is 6.42 Å². The third-order valence-corrected chi connectivity index (χ3v) is 3.79. The molecule has 0 radical (unpaired) electrons. The van der Waals surface area contributed by atoms with Gasteiger partial charge in [0.1, 0.15) is 23.5 Å². The molecule has 2 rings (SSSR count). The lowest BCUT2D eigenvalue weighted by Crippen LogP contribution is -2.18. The number of phenols is 1. The van der Waals surface area contributed by atoms with Crippen molar-refractivity contribution in [2.75, 3.05) is 0 Å². The van der Waals surface area contributed by atoms with Crippen LogP contribution >= 0.6 is 0 Å². The highest BCUT2D eigenvalue weighted by Gasteiger charge is 2.20. The number of phenolic OH excluding ortho intramolecular Hbond substituents is 1. The highest BCUT2D eigenvalue weighted by atomic mass is 16.5. The van der Waals surface area contributed by atoms with E-state index in [0.717, 1.165) is 5.56 Å². The first-order valence-corrected chi connectivity index (χ1v) is 7.98. The summed E-state index contributed by atoms with van der Waals surface area (Å²) < 4.78 is 5.35. The van der Waals surface area contributed by atoms with Crippen LogP contribution in [0.1, 0.15) is 47.7 Å². The number of aryl methyl sites for hydroxylation is 1. The number of esters is 1. The molecule has 2 atom stereocenters. The molecule has 0 spiro atoms. The fourth-order valence-corrected chi connectivity index (χ4v) is 2.53. The molecule has 1 aromatic carbocycles. The van der Waals surface area contributed by atoms with E-state index >= 15 is 0 Å².